The van der Waals surface area contributed by atoms with Crippen molar-refractivity contribution < 1.29 is 18.8 Å². The number of benzene rings is 2. The number of hydrogen-bond donors (Lipinski definition) is 1. The van der Waals surface area contributed by atoms with Gasteiger partial charge in [0.05, 0.1) is 19.0 Å². The first-order chi connectivity index (χ1) is 11.5. The highest BCUT2D eigenvalue weighted by Crippen LogP contribution is 2.27. The lowest BCUT2D eigenvalue weighted by atomic mass is 10.2. The molecule has 2 rings (SSSR count). The van der Waals surface area contributed by atoms with Gasteiger partial charge in [0.1, 0.15) is 11.6 Å². The molecule has 0 aliphatic rings. The zero-order valence-electron chi connectivity index (χ0n) is 13.1. The van der Waals surface area contributed by atoms with E-state index in [1.807, 2.05) is 0 Å². The van der Waals surface area contributed by atoms with Gasteiger partial charge in [-0.2, -0.15) is 0 Å². The molecule has 24 heavy (non-hydrogen) atoms. The summed E-state index contributed by atoms with van der Waals surface area (Å²) >= 11 is 5.91. The second kappa shape index (κ2) is 8.31. The summed E-state index contributed by atoms with van der Waals surface area (Å²) in [5.41, 5.74) is 0.957. The summed E-state index contributed by atoms with van der Waals surface area (Å²) in [5.74, 6) is -0.326. The molecular formula is C17H16ClFN2O3. The topological polar surface area (TPSA) is 59.9 Å². The first-order valence-corrected chi connectivity index (χ1v) is 7.46. The number of nitrogens with zero attached hydrogens (tertiary/aromatic N) is 1. The Kier molecular flexibility index (Phi) is 6.14. The van der Waals surface area contributed by atoms with Gasteiger partial charge in [0.2, 0.25) is 6.10 Å². The van der Waals surface area contributed by atoms with E-state index in [1.165, 1.54) is 32.4 Å². The van der Waals surface area contributed by atoms with Gasteiger partial charge in [-0.15, -0.1) is 0 Å². The zero-order valence-corrected chi connectivity index (χ0v) is 13.9. The van der Waals surface area contributed by atoms with Crippen molar-refractivity contribution in [2.75, 3.05) is 12.4 Å². The van der Waals surface area contributed by atoms with Gasteiger partial charge in [0.15, 0.2) is 0 Å². The van der Waals surface area contributed by atoms with Gasteiger partial charge in [0.25, 0.3) is 5.91 Å². The highest BCUT2D eigenvalue weighted by atomic mass is 35.5. The van der Waals surface area contributed by atoms with E-state index in [0.717, 1.165) is 0 Å². The fourth-order valence-electron chi connectivity index (χ4n) is 1.83. The largest absolute Gasteiger partial charge is 0.495 e. The summed E-state index contributed by atoms with van der Waals surface area (Å²) in [4.78, 5) is 17.2. The molecule has 2 aromatic carbocycles. The average molecular weight is 351 g/mol. The predicted octanol–water partition coefficient (Wildman–Crippen LogP) is 3.87. The van der Waals surface area contributed by atoms with Gasteiger partial charge >= 0.3 is 0 Å². The lowest BCUT2D eigenvalue weighted by molar-refractivity contribution is -0.126. The van der Waals surface area contributed by atoms with Crippen molar-refractivity contribution in [3.8, 4) is 5.75 Å². The number of ether oxygens (including phenoxy) is 1. The summed E-state index contributed by atoms with van der Waals surface area (Å²) in [6.07, 6.45) is 0.464. The maximum absolute atomic E-state index is 13.0. The zero-order chi connectivity index (χ0) is 17.5. The van der Waals surface area contributed by atoms with Crippen molar-refractivity contribution in [1.82, 2.24) is 0 Å². The van der Waals surface area contributed by atoms with Crippen molar-refractivity contribution in [1.29, 1.82) is 0 Å². The van der Waals surface area contributed by atoms with E-state index in [0.29, 0.717) is 22.0 Å². The minimum atomic E-state index is -0.863. The molecular weight excluding hydrogens is 335 g/mol. The van der Waals surface area contributed by atoms with Gasteiger partial charge in [-0.05, 0) is 42.8 Å². The number of anilines is 1. The van der Waals surface area contributed by atoms with Gasteiger partial charge in [-0.3, -0.25) is 4.79 Å². The Balaban J connectivity index is 1.96. The van der Waals surface area contributed by atoms with Crippen LogP contribution in [-0.4, -0.2) is 25.3 Å². The molecule has 0 fully saturated rings. The molecule has 0 heterocycles. The van der Waals surface area contributed by atoms with Crippen LogP contribution >= 0.6 is 11.6 Å². The average Bonchev–Trinajstić information content (AvgIpc) is 2.55. The van der Waals surface area contributed by atoms with E-state index < -0.39 is 12.0 Å². The smallest absolute Gasteiger partial charge is 0.268 e. The second-order valence-corrected chi connectivity index (χ2v) is 5.31. The highest BCUT2D eigenvalue weighted by molar-refractivity contribution is 6.31. The molecule has 0 saturated carbocycles. The van der Waals surface area contributed by atoms with Crippen molar-refractivity contribution in [2.45, 2.75) is 13.0 Å². The van der Waals surface area contributed by atoms with E-state index in [4.69, 9.17) is 21.2 Å². The van der Waals surface area contributed by atoms with Crippen LogP contribution in [0, 0.1) is 5.82 Å². The number of carbonyl (C=O) groups is 1. The molecule has 0 aromatic heterocycles. The normalized spacial score (nSPS) is 12.0. The van der Waals surface area contributed by atoms with Crippen LogP contribution < -0.4 is 10.1 Å². The molecule has 1 amide bonds. The van der Waals surface area contributed by atoms with Crippen LogP contribution in [0.15, 0.2) is 47.6 Å². The molecule has 7 heteroatoms. The molecule has 0 aliphatic heterocycles. The van der Waals surface area contributed by atoms with Gasteiger partial charge in [-0.25, -0.2) is 4.39 Å². The summed E-state index contributed by atoms with van der Waals surface area (Å²) < 4.78 is 18.2. The lowest BCUT2D eigenvalue weighted by Crippen LogP contribution is -2.26. The van der Waals surface area contributed by atoms with E-state index in [2.05, 4.69) is 10.5 Å². The van der Waals surface area contributed by atoms with E-state index >= 15 is 0 Å². The monoisotopic (exact) mass is 350 g/mol. The first kappa shape index (κ1) is 17.7. The summed E-state index contributed by atoms with van der Waals surface area (Å²) in [5, 5.41) is 6.81. The minimum absolute atomic E-state index is 0.377. The molecule has 0 saturated heterocycles. The third-order valence-corrected chi connectivity index (χ3v) is 3.29. The number of carbonyl (C=O) groups excluding carboxylic acids is 1. The number of hydrogen-bond acceptors (Lipinski definition) is 4. The molecule has 0 bridgehead atoms. The molecule has 1 atom stereocenters. The van der Waals surface area contributed by atoms with Crippen molar-refractivity contribution in [2.24, 2.45) is 5.16 Å². The third-order valence-electron chi connectivity index (χ3n) is 3.06. The molecule has 0 radical (unpaired) electrons. The number of methoxy groups -OCH3 is 1. The van der Waals surface area contributed by atoms with Gasteiger partial charge in [-0.1, -0.05) is 28.9 Å². The molecule has 2 aromatic rings. The fraction of sp³-hybridized carbons (Fsp3) is 0.176. The third kappa shape index (κ3) is 4.96. The van der Waals surface area contributed by atoms with Crippen LogP contribution in [0.3, 0.4) is 0 Å². The van der Waals surface area contributed by atoms with Crippen LogP contribution in [0.4, 0.5) is 10.1 Å². The van der Waals surface area contributed by atoms with Crippen molar-refractivity contribution in [3.05, 3.63) is 58.9 Å². The highest BCUT2D eigenvalue weighted by Gasteiger charge is 2.16. The maximum atomic E-state index is 13.0. The maximum Gasteiger partial charge on any atom is 0.268 e. The Hall–Kier alpha value is -2.60. The molecule has 0 aliphatic carbocycles. The summed E-state index contributed by atoms with van der Waals surface area (Å²) in [6, 6.07) is 10.7. The van der Waals surface area contributed by atoms with Crippen LogP contribution in [-0.2, 0) is 9.63 Å². The Morgan fingerprint density at radius 2 is 2.12 bits per heavy atom. The minimum Gasteiger partial charge on any atom is -0.495 e. The summed E-state index contributed by atoms with van der Waals surface area (Å²) in [7, 11) is 1.49. The summed E-state index contributed by atoms with van der Waals surface area (Å²) in [6.45, 7) is 1.54. The van der Waals surface area contributed by atoms with Crippen molar-refractivity contribution >= 4 is 29.4 Å². The number of rotatable bonds is 6. The van der Waals surface area contributed by atoms with Gasteiger partial charge in [0, 0.05) is 5.02 Å². The number of amides is 1. The Labute approximate surface area is 144 Å². The Bertz CT molecular complexity index is 752. The SMILES string of the molecule is COc1ccc(Cl)cc1NC(=O)[C@@H](C)O/N=C\c1cccc(F)c1. The van der Waals surface area contributed by atoms with Crippen LogP contribution in [0.1, 0.15) is 12.5 Å². The number of halogens is 2. The lowest BCUT2D eigenvalue weighted by Gasteiger charge is -2.13. The quantitative estimate of drug-likeness (QED) is 0.635. The van der Waals surface area contributed by atoms with Gasteiger partial charge < -0.3 is 14.9 Å². The van der Waals surface area contributed by atoms with Crippen LogP contribution in [0.5, 0.6) is 5.75 Å². The molecule has 1 N–H and O–H groups in total. The predicted molar refractivity (Wildman–Crippen MR) is 91.2 cm³/mol. The molecule has 5 nitrogen and oxygen atoms in total. The second-order valence-electron chi connectivity index (χ2n) is 4.87. The standard InChI is InChI=1S/C17H16ClFN2O3/c1-11(24-20-10-12-4-3-5-14(19)8-12)17(22)21-15-9-13(18)6-7-16(15)23-2/h3-11H,1-2H3,(H,21,22)/b20-10-/t11-/m1/s1. The van der Waals surface area contributed by atoms with E-state index in [1.54, 1.807) is 30.3 Å². The molecule has 0 unspecified atom stereocenters. The Morgan fingerprint density at radius 3 is 2.83 bits per heavy atom. The first-order valence-electron chi connectivity index (χ1n) is 7.09. The number of oxime groups is 1. The van der Waals surface area contributed by atoms with E-state index in [9.17, 15) is 9.18 Å². The van der Waals surface area contributed by atoms with Crippen LogP contribution in [0.25, 0.3) is 0 Å². The Morgan fingerprint density at radius 1 is 1.33 bits per heavy atom. The van der Waals surface area contributed by atoms with E-state index in [-0.39, 0.29) is 5.82 Å². The van der Waals surface area contributed by atoms with Crippen LogP contribution in [0.2, 0.25) is 5.02 Å². The molecule has 126 valence electrons. The number of nitrogens with one attached hydrogen (secondary N) is 1. The fourth-order valence-corrected chi connectivity index (χ4v) is 2.00. The van der Waals surface area contributed by atoms with Crippen molar-refractivity contribution in [3.63, 3.8) is 0 Å². The molecule has 0 spiro atoms.